The quantitative estimate of drug-likeness (QED) is 0.529. The molecule has 3 rings (SSSR count). The van der Waals surface area contributed by atoms with Gasteiger partial charge in [-0.3, -0.25) is 13.9 Å². The van der Waals surface area contributed by atoms with Gasteiger partial charge in [-0.1, -0.05) is 33.8 Å². The molecule has 9 heteroatoms. The smallest absolute Gasteiger partial charge is 0.332 e. The number of fused-ring (bicyclic) bond motifs is 1. The van der Waals surface area contributed by atoms with Gasteiger partial charge in [0.1, 0.15) is 0 Å². The van der Waals surface area contributed by atoms with E-state index in [2.05, 4.69) is 18.8 Å². The zero-order chi connectivity index (χ0) is 21.8. The third-order valence-electron chi connectivity index (χ3n) is 4.62. The fraction of sp³-hybridized carbons (Fsp3) is 0.571. The molecule has 0 aromatic carbocycles. The summed E-state index contributed by atoms with van der Waals surface area (Å²) >= 11 is 1.57. The Hall–Kier alpha value is -2.23. The van der Waals surface area contributed by atoms with Gasteiger partial charge >= 0.3 is 5.69 Å². The lowest BCUT2D eigenvalue weighted by Crippen LogP contribution is -2.44. The highest BCUT2D eigenvalue weighted by Gasteiger charge is 2.20. The summed E-state index contributed by atoms with van der Waals surface area (Å²) in [4.78, 5) is 31.7. The monoisotopic (exact) mass is 434 g/mol. The van der Waals surface area contributed by atoms with Gasteiger partial charge < -0.3 is 14.4 Å². The number of thiophene rings is 1. The molecule has 0 bridgehead atoms. The maximum absolute atomic E-state index is 13.2. The normalized spacial score (nSPS) is 13.0. The van der Waals surface area contributed by atoms with E-state index in [9.17, 15) is 14.7 Å². The third-order valence-corrected chi connectivity index (χ3v) is 5.47. The molecule has 1 N–H and O–H groups in total. The van der Waals surface area contributed by atoms with Crippen LogP contribution in [0, 0.1) is 11.8 Å². The molecule has 0 amide bonds. The Morgan fingerprint density at radius 3 is 2.47 bits per heavy atom. The minimum Gasteiger partial charge on any atom is -0.389 e. The molecule has 0 radical (unpaired) electrons. The summed E-state index contributed by atoms with van der Waals surface area (Å²) in [7, 11) is 0. The SMILES string of the molecule is CC(C)Cn1cnc2c1c(=O)n(CC(O)COCc1cccs1)c(=O)n2CC(C)C. The number of aliphatic hydroxyl groups excluding tert-OH is 1. The number of ether oxygens (including phenoxy) is 1. The van der Waals surface area contributed by atoms with Crippen molar-refractivity contribution in [1.29, 1.82) is 0 Å². The van der Waals surface area contributed by atoms with Gasteiger partial charge in [0, 0.05) is 18.0 Å². The summed E-state index contributed by atoms with van der Waals surface area (Å²) < 4.78 is 10.0. The molecule has 0 aliphatic heterocycles. The van der Waals surface area contributed by atoms with Crippen molar-refractivity contribution in [3.05, 3.63) is 49.6 Å². The summed E-state index contributed by atoms with van der Waals surface area (Å²) in [5.74, 6) is 0.517. The molecule has 0 aliphatic rings. The van der Waals surface area contributed by atoms with Crippen LogP contribution in [0.4, 0.5) is 0 Å². The zero-order valence-electron chi connectivity index (χ0n) is 17.9. The van der Waals surface area contributed by atoms with Crippen LogP contribution in [0.15, 0.2) is 33.4 Å². The fourth-order valence-electron chi connectivity index (χ4n) is 3.41. The second kappa shape index (κ2) is 9.72. The highest BCUT2D eigenvalue weighted by molar-refractivity contribution is 7.09. The first-order valence-corrected chi connectivity index (χ1v) is 11.1. The van der Waals surface area contributed by atoms with Gasteiger partial charge in [-0.2, -0.15) is 0 Å². The molecule has 8 nitrogen and oxygen atoms in total. The number of aliphatic hydroxyl groups is 1. The van der Waals surface area contributed by atoms with E-state index in [4.69, 9.17) is 4.74 Å². The van der Waals surface area contributed by atoms with Crippen molar-refractivity contribution < 1.29 is 9.84 Å². The standard InChI is InChI=1S/C21H30N4O4S/c1-14(2)8-23-13-22-19-18(23)20(27)25(21(28)24(19)9-15(3)4)10-16(26)11-29-12-17-6-5-7-30-17/h5-7,13-16,26H,8-12H2,1-4H3. The van der Waals surface area contributed by atoms with Crippen molar-refractivity contribution in [2.45, 2.75) is 60.0 Å². The number of hydrogen-bond donors (Lipinski definition) is 1. The van der Waals surface area contributed by atoms with Crippen molar-refractivity contribution in [2.75, 3.05) is 6.61 Å². The van der Waals surface area contributed by atoms with E-state index in [0.717, 1.165) is 9.44 Å². The van der Waals surface area contributed by atoms with Crippen LogP contribution in [0.1, 0.15) is 32.6 Å². The molecule has 164 valence electrons. The summed E-state index contributed by atoms with van der Waals surface area (Å²) in [6.07, 6.45) is 0.648. The predicted octanol–water partition coefficient (Wildman–Crippen LogP) is 2.31. The lowest BCUT2D eigenvalue weighted by molar-refractivity contribution is 0.0201. The second-order valence-electron chi connectivity index (χ2n) is 8.41. The van der Waals surface area contributed by atoms with Gasteiger partial charge in [0.2, 0.25) is 0 Å². The molecule has 0 spiro atoms. The molecule has 3 heterocycles. The topological polar surface area (TPSA) is 91.3 Å². The highest BCUT2D eigenvalue weighted by atomic mass is 32.1. The molecule has 0 saturated heterocycles. The summed E-state index contributed by atoms with van der Waals surface area (Å²) in [5, 5.41) is 12.4. The Balaban J connectivity index is 1.91. The van der Waals surface area contributed by atoms with E-state index in [-0.39, 0.29) is 19.1 Å². The predicted molar refractivity (Wildman–Crippen MR) is 118 cm³/mol. The molecule has 30 heavy (non-hydrogen) atoms. The Morgan fingerprint density at radius 2 is 1.83 bits per heavy atom. The van der Waals surface area contributed by atoms with Crippen LogP contribution in [0.3, 0.4) is 0 Å². The van der Waals surface area contributed by atoms with Crippen molar-refractivity contribution in [2.24, 2.45) is 11.8 Å². The van der Waals surface area contributed by atoms with Gasteiger partial charge in [-0.25, -0.2) is 9.78 Å². The maximum atomic E-state index is 13.2. The average molecular weight is 435 g/mol. The van der Waals surface area contributed by atoms with Gasteiger partial charge in [0.15, 0.2) is 11.2 Å². The molecular weight excluding hydrogens is 404 g/mol. The van der Waals surface area contributed by atoms with E-state index in [1.807, 2.05) is 31.4 Å². The van der Waals surface area contributed by atoms with Crippen molar-refractivity contribution in [3.8, 4) is 0 Å². The van der Waals surface area contributed by atoms with E-state index in [1.165, 1.54) is 4.57 Å². The van der Waals surface area contributed by atoms with Crippen LogP contribution < -0.4 is 11.2 Å². The van der Waals surface area contributed by atoms with Gasteiger partial charge in [0.05, 0.1) is 32.2 Å². The number of hydrogen-bond acceptors (Lipinski definition) is 6. The molecule has 1 unspecified atom stereocenters. The van der Waals surface area contributed by atoms with Crippen molar-refractivity contribution in [3.63, 3.8) is 0 Å². The first-order valence-electron chi connectivity index (χ1n) is 10.2. The molecule has 3 aromatic heterocycles. The minimum atomic E-state index is -0.971. The third kappa shape index (κ3) is 5.08. The van der Waals surface area contributed by atoms with Gasteiger partial charge in [-0.15, -0.1) is 11.3 Å². The lowest BCUT2D eigenvalue weighted by Gasteiger charge is -2.17. The largest absolute Gasteiger partial charge is 0.389 e. The van der Waals surface area contributed by atoms with E-state index < -0.39 is 17.4 Å². The molecule has 0 saturated carbocycles. The van der Waals surface area contributed by atoms with Gasteiger partial charge in [0.25, 0.3) is 5.56 Å². The molecule has 0 fully saturated rings. The lowest BCUT2D eigenvalue weighted by atomic mass is 10.2. The maximum Gasteiger partial charge on any atom is 0.332 e. The van der Waals surface area contributed by atoms with Crippen molar-refractivity contribution >= 4 is 22.5 Å². The van der Waals surface area contributed by atoms with Crippen LogP contribution in [0.25, 0.3) is 11.2 Å². The Kier molecular flexibility index (Phi) is 7.27. The second-order valence-corrected chi connectivity index (χ2v) is 9.45. The Bertz CT molecular complexity index is 1080. The number of aromatic nitrogens is 4. The first kappa shape index (κ1) is 22.5. The van der Waals surface area contributed by atoms with E-state index in [0.29, 0.717) is 36.8 Å². The number of nitrogens with zero attached hydrogens (tertiary/aromatic N) is 4. The molecule has 3 aromatic rings. The molecule has 1 atom stereocenters. The van der Waals surface area contributed by atoms with Gasteiger partial charge in [-0.05, 0) is 23.3 Å². The number of rotatable bonds is 10. The van der Waals surface area contributed by atoms with Crippen molar-refractivity contribution in [1.82, 2.24) is 18.7 Å². The van der Waals surface area contributed by atoms with Crippen LogP contribution >= 0.6 is 11.3 Å². The zero-order valence-corrected chi connectivity index (χ0v) is 18.8. The number of imidazole rings is 1. The van der Waals surface area contributed by atoms with Crippen LogP contribution in [0.2, 0.25) is 0 Å². The molecule has 0 aliphatic carbocycles. The highest BCUT2D eigenvalue weighted by Crippen LogP contribution is 2.12. The fourth-order valence-corrected chi connectivity index (χ4v) is 4.06. The van der Waals surface area contributed by atoms with E-state index >= 15 is 0 Å². The Morgan fingerprint density at radius 1 is 1.10 bits per heavy atom. The minimum absolute atomic E-state index is 0.0389. The average Bonchev–Trinajstić information content (AvgIpc) is 3.32. The summed E-state index contributed by atoms with van der Waals surface area (Å²) in [6.45, 7) is 9.50. The summed E-state index contributed by atoms with van der Waals surface area (Å²) in [5.41, 5.74) is -0.0755. The summed E-state index contributed by atoms with van der Waals surface area (Å²) in [6, 6.07) is 3.89. The van der Waals surface area contributed by atoms with Crippen LogP contribution in [-0.4, -0.2) is 36.5 Å². The molecular formula is C21H30N4O4S. The van der Waals surface area contributed by atoms with Crippen LogP contribution in [0.5, 0.6) is 0 Å². The van der Waals surface area contributed by atoms with Crippen LogP contribution in [-0.2, 0) is 31.0 Å². The first-order chi connectivity index (χ1) is 14.3. The Labute approximate surface area is 179 Å². The van der Waals surface area contributed by atoms with E-state index in [1.54, 1.807) is 22.2 Å².